The number of hydrogen-bond acceptors (Lipinski definition) is 0. The predicted molar refractivity (Wildman–Crippen MR) is 71.0 cm³/mol. The van der Waals surface area contributed by atoms with E-state index in [4.69, 9.17) is 11.6 Å². The quantitative estimate of drug-likeness (QED) is 0.722. The van der Waals surface area contributed by atoms with Gasteiger partial charge in [-0.05, 0) is 43.0 Å². The van der Waals surface area contributed by atoms with Crippen molar-refractivity contribution in [3.05, 3.63) is 35.5 Å². The summed E-state index contributed by atoms with van der Waals surface area (Å²) in [5.74, 6) is 0.788. The molecule has 86 valence electrons. The SMILES string of the molecule is CC(C)CCCn1ccc2cc(Cl)ccc21. The molecule has 16 heavy (non-hydrogen) atoms. The fraction of sp³-hybridized carbons (Fsp3) is 0.429. The van der Waals surface area contributed by atoms with Gasteiger partial charge in [-0.25, -0.2) is 0 Å². The Balaban J connectivity index is 2.13. The van der Waals surface area contributed by atoms with Crippen LogP contribution >= 0.6 is 11.6 Å². The van der Waals surface area contributed by atoms with E-state index in [0.717, 1.165) is 17.5 Å². The second kappa shape index (κ2) is 4.92. The van der Waals surface area contributed by atoms with Crippen molar-refractivity contribution in [3.8, 4) is 0 Å². The molecular weight excluding hydrogens is 218 g/mol. The van der Waals surface area contributed by atoms with E-state index >= 15 is 0 Å². The largest absolute Gasteiger partial charge is 0.347 e. The van der Waals surface area contributed by atoms with Gasteiger partial charge in [-0.3, -0.25) is 0 Å². The van der Waals surface area contributed by atoms with Crippen LogP contribution in [0.3, 0.4) is 0 Å². The summed E-state index contributed by atoms with van der Waals surface area (Å²) >= 11 is 5.96. The Hall–Kier alpha value is -0.950. The summed E-state index contributed by atoms with van der Waals surface area (Å²) in [4.78, 5) is 0. The van der Waals surface area contributed by atoms with Gasteiger partial charge in [0.15, 0.2) is 0 Å². The molecule has 0 radical (unpaired) electrons. The lowest BCUT2D eigenvalue weighted by atomic mass is 10.1. The number of hydrogen-bond donors (Lipinski definition) is 0. The first-order valence-corrected chi connectivity index (χ1v) is 6.29. The fourth-order valence-electron chi connectivity index (χ4n) is 2.04. The van der Waals surface area contributed by atoms with E-state index in [1.165, 1.54) is 23.7 Å². The van der Waals surface area contributed by atoms with E-state index in [2.05, 4.69) is 36.7 Å². The van der Waals surface area contributed by atoms with E-state index < -0.39 is 0 Å². The molecule has 0 aliphatic carbocycles. The third kappa shape index (κ3) is 2.59. The molecule has 2 aromatic rings. The monoisotopic (exact) mass is 235 g/mol. The molecule has 0 unspecified atom stereocenters. The van der Waals surface area contributed by atoms with Gasteiger partial charge in [0.05, 0.1) is 0 Å². The second-order valence-corrected chi connectivity index (χ2v) is 5.18. The highest BCUT2D eigenvalue weighted by Crippen LogP contribution is 2.21. The zero-order valence-corrected chi connectivity index (χ0v) is 10.7. The van der Waals surface area contributed by atoms with Gasteiger partial charge in [0.25, 0.3) is 0 Å². The average molecular weight is 236 g/mol. The highest BCUT2D eigenvalue weighted by atomic mass is 35.5. The molecule has 0 aliphatic rings. The first-order chi connectivity index (χ1) is 7.66. The van der Waals surface area contributed by atoms with Crippen LogP contribution in [0.1, 0.15) is 26.7 Å². The third-order valence-corrected chi connectivity index (χ3v) is 3.15. The van der Waals surface area contributed by atoms with E-state index in [1.807, 2.05) is 12.1 Å². The van der Waals surface area contributed by atoms with E-state index in [1.54, 1.807) is 0 Å². The molecule has 1 aromatic carbocycles. The summed E-state index contributed by atoms with van der Waals surface area (Å²) in [6.07, 6.45) is 4.68. The van der Waals surface area contributed by atoms with Crippen molar-refractivity contribution in [3.63, 3.8) is 0 Å². The van der Waals surface area contributed by atoms with Gasteiger partial charge in [0.1, 0.15) is 0 Å². The van der Waals surface area contributed by atoms with Crippen LogP contribution in [0.4, 0.5) is 0 Å². The molecular formula is C14H18ClN. The standard InChI is InChI=1S/C14H18ClN/c1-11(2)4-3-8-16-9-7-12-10-13(15)5-6-14(12)16/h5-7,9-11H,3-4,8H2,1-2H3. The van der Waals surface area contributed by atoms with Crippen molar-refractivity contribution < 1.29 is 0 Å². The number of rotatable bonds is 4. The summed E-state index contributed by atoms with van der Waals surface area (Å²) < 4.78 is 2.31. The highest BCUT2D eigenvalue weighted by molar-refractivity contribution is 6.31. The lowest BCUT2D eigenvalue weighted by molar-refractivity contribution is 0.518. The van der Waals surface area contributed by atoms with Crippen molar-refractivity contribution in [1.82, 2.24) is 4.57 Å². The second-order valence-electron chi connectivity index (χ2n) is 4.75. The zero-order valence-electron chi connectivity index (χ0n) is 9.91. The van der Waals surface area contributed by atoms with E-state index in [9.17, 15) is 0 Å². The van der Waals surface area contributed by atoms with Gasteiger partial charge in [-0.2, -0.15) is 0 Å². The van der Waals surface area contributed by atoms with Crippen molar-refractivity contribution in [2.45, 2.75) is 33.2 Å². The molecule has 0 saturated carbocycles. The third-order valence-electron chi connectivity index (χ3n) is 2.91. The summed E-state index contributed by atoms with van der Waals surface area (Å²) in [6.45, 7) is 5.64. The fourth-order valence-corrected chi connectivity index (χ4v) is 2.22. The molecule has 0 atom stereocenters. The maximum atomic E-state index is 5.96. The Kier molecular flexibility index (Phi) is 3.55. The number of fused-ring (bicyclic) bond motifs is 1. The highest BCUT2D eigenvalue weighted by Gasteiger charge is 2.01. The van der Waals surface area contributed by atoms with Crippen molar-refractivity contribution in [2.24, 2.45) is 5.92 Å². The van der Waals surface area contributed by atoms with Crippen molar-refractivity contribution >= 4 is 22.5 Å². The molecule has 0 saturated heterocycles. The van der Waals surface area contributed by atoms with Crippen LogP contribution in [-0.4, -0.2) is 4.57 Å². The minimum Gasteiger partial charge on any atom is -0.347 e. The van der Waals surface area contributed by atoms with Crippen molar-refractivity contribution in [2.75, 3.05) is 0 Å². The minimum atomic E-state index is 0.788. The average Bonchev–Trinajstić information content (AvgIpc) is 2.60. The molecule has 0 amide bonds. The number of aryl methyl sites for hydroxylation is 1. The minimum absolute atomic E-state index is 0.788. The molecule has 0 fully saturated rings. The predicted octanol–water partition coefficient (Wildman–Crippen LogP) is 4.73. The van der Waals surface area contributed by atoms with Crippen molar-refractivity contribution in [1.29, 1.82) is 0 Å². The lowest BCUT2D eigenvalue weighted by Gasteiger charge is -2.07. The van der Waals surface area contributed by atoms with Gasteiger partial charge in [0, 0.05) is 28.7 Å². The van der Waals surface area contributed by atoms with Gasteiger partial charge in [-0.1, -0.05) is 25.4 Å². The number of halogens is 1. The summed E-state index contributed by atoms with van der Waals surface area (Å²) in [6, 6.07) is 8.22. The summed E-state index contributed by atoms with van der Waals surface area (Å²) in [5, 5.41) is 2.05. The number of aromatic nitrogens is 1. The molecule has 0 spiro atoms. The molecule has 2 heteroatoms. The molecule has 0 aliphatic heterocycles. The van der Waals surface area contributed by atoms with E-state index in [0.29, 0.717) is 0 Å². The maximum Gasteiger partial charge on any atom is 0.0481 e. The van der Waals surface area contributed by atoms with Crippen LogP contribution in [0.2, 0.25) is 5.02 Å². The maximum absolute atomic E-state index is 5.96. The first kappa shape index (κ1) is 11.5. The number of benzene rings is 1. The smallest absolute Gasteiger partial charge is 0.0481 e. The van der Waals surface area contributed by atoms with Crippen LogP contribution < -0.4 is 0 Å². The number of nitrogens with zero attached hydrogens (tertiary/aromatic N) is 1. The lowest BCUT2D eigenvalue weighted by Crippen LogP contribution is -1.98. The van der Waals surface area contributed by atoms with Crippen LogP contribution in [0.25, 0.3) is 10.9 Å². The Morgan fingerprint density at radius 3 is 2.81 bits per heavy atom. The van der Waals surface area contributed by atoms with Crippen LogP contribution in [0, 0.1) is 5.92 Å². The summed E-state index contributed by atoms with van der Waals surface area (Å²) in [5.41, 5.74) is 1.29. The van der Waals surface area contributed by atoms with E-state index in [-0.39, 0.29) is 0 Å². The van der Waals surface area contributed by atoms with Gasteiger partial charge in [0.2, 0.25) is 0 Å². The normalized spacial score (nSPS) is 11.5. The molecule has 0 bridgehead atoms. The van der Waals surface area contributed by atoms with Gasteiger partial charge >= 0.3 is 0 Å². The van der Waals surface area contributed by atoms with Gasteiger partial charge < -0.3 is 4.57 Å². The molecule has 2 rings (SSSR count). The Bertz CT molecular complexity index is 471. The van der Waals surface area contributed by atoms with Crippen LogP contribution in [0.15, 0.2) is 30.5 Å². The van der Waals surface area contributed by atoms with Crippen LogP contribution in [-0.2, 0) is 6.54 Å². The zero-order chi connectivity index (χ0) is 11.5. The first-order valence-electron chi connectivity index (χ1n) is 5.91. The topological polar surface area (TPSA) is 4.93 Å². The Labute approximate surface area is 102 Å². The molecule has 1 heterocycles. The summed E-state index contributed by atoms with van der Waals surface area (Å²) in [7, 11) is 0. The Morgan fingerprint density at radius 1 is 1.25 bits per heavy atom. The van der Waals surface area contributed by atoms with Gasteiger partial charge in [-0.15, -0.1) is 0 Å². The van der Waals surface area contributed by atoms with Crippen LogP contribution in [0.5, 0.6) is 0 Å². The Morgan fingerprint density at radius 2 is 2.06 bits per heavy atom. The molecule has 0 N–H and O–H groups in total. The molecule has 1 aromatic heterocycles. The molecule has 1 nitrogen and oxygen atoms in total.